The smallest absolute Gasteiger partial charge is 0.289 e. The number of nitrogens with zero attached hydrogens (tertiary/aromatic N) is 1. The average molecular weight is 259 g/mol. The topological polar surface area (TPSA) is 59.5 Å². The Morgan fingerprint density at radius 3 is 2.88 bits per heavy atom. The fraction of sp³-hybridized carbons (Fsp3) is 0.583. The summed E-state index contributed by atoms with van der Waals surface area (Å²) in [6.07, 6.45) is 3.21. The molecule has 1 aromatic rings. The summed E-state index contributed by atoms with van der Waals surface area (Å²) >= 11 is 0. The molecular weight excluding hydrogens is 240 g/mol. The fourth-order valence-electron chi connectivity index (χ4n) is 2.20. The summed E-state index contributed by atoms with van der Waals surface area (Å²) in [7, 11) is 0. The van der Waals surface area contributed by atoms with Crippen LogP contribution >= 0.6 is 12.4 Å². The molecule has 2 heterocycles. The second-order valence-electron chi connectivity index (χ2n) is 4.29. The molecular formula is C12H19ClN2O2. The fourth-order valence-corrected chi connectivity index (χ4v) is 2.20. The van der Waals surface area contributed by atoms with Crippen molar-refractivity contribution in [3.05, 3.63) is 23.7 Å². The van der Waals surface area contributed by atoms with E-state index in [0.29, 0.717) is 12.3 Å². The molecule has 0 spiro atoms. The molecule has 0 radical (unpaired) electrons. The van der Waals surface area contributed by atoms with Gasteiger partial charge < -0.3 is 15.1 Å². The summed E-state index contributed by atoms with van der Waals surface area (Å²) in [5.74, 6) is 1.17. The van der Waals surface area contributed by atoms with E-state index >= 15 is 0 Å². The van der Waals surface area contributed by atoms with Gasteiger partial charge in [0.1, 0.15) is 5.76 Å². The van der Waals surface area contributed by atoms with Crippen LogP contribution in [0.15, 0.2) is 16.5 Å². The molecule has 1 aliphatic rings. The van der Waals surface area contributed by atoms with E-state index in [1.165, 1.54) is 0 Å². The molecule has 1 unspecified atom stereocenters. The molecule has 0 bridgehead atoms. The van der Waals surface area contributed by atoms with E-state index in [2.05, 4.69) is 0 Å². The van der Waals surface area contributed by atoms with Crippen LogP contribution < -0.4 is 5.73 Å². The zero-order valence-electron chi connectivity index (χ0n) is 10.0. The minimum Gasteiger partial charge on any atom is -0.456 e. The number of rotatable bonds is 2. The number of likely N-dealkylation sites (tertiary alicyclic amines) is 1. The molecule has 96 valence electrons. The number of piperidine rings is 1. The summed E-state index contributed by atoms with van der Waals surface area (Å²) < 4.78 is 5.36. The monoisotopic (exact) mass is 258 g/mol. The first-order valence-corrected chi connectivity index (χ1v) is 5.80. The molecule has 1 atom stereocenters. The van der Waals surface area contributed by atoms with Gasteiger partial charge in [0.15, 0.2) is 5.76 Å². The van der Waals surface area contributed by atoms with E-state index in [9.17, 15) is 4.79 Å². The molecule has 2 N–H and O–H groups in total. The Morgan fingerprint density at radius 1 is 1.53 bits per heavy atom. The van der Waals surface area contributed by atoms with Crippen molar-refractivity contribution in [1.29, 1.82) is 0 Å². The van der Waals surface area contributed by atoms with Crippen molar-refractivity contribution in [1.82, 2.24) is 4.90 Å². The van der Waals surface area contributed by atoms with Gasteiger partial charge in [0, 0.05) is 19.1 Å². The minimum absolute atomic E-state index is 0. The molecule has 1 amide bonds. The first-order valence-electron chi connectivity index (χ1n) is 5.80. The van der Waals surface area contributed by atoms with Crippen LogP contribution in [-0.4, -0.2) is 29.9 Å². The van der Waals surface area contributed by atoms with Gasteiger partial charge in [0.05, 0.1) is 0 Å². The Morgan fingerprint density at radius 2 is 2.29 bits per heavy atom. The Bertz CT molecular complexity index is 378. The van der Waals surface area contributed by atoms with Crippen LogP contribution in [0.1, 0.15) is 35.6 Å². The SMILES string of the molecule is Cc1ccc(C(=O)N2CCCCC2CN)o1.Cl. The van der Waals surface area contributed by atoms with Gasteiger partial charge in [-0.15, -0.1) is 12.4 Å². The van der Waals surface area contributed by atoms with E-state index in [1.54, 1.807) is 6.07 Å². The molecule has 0 aromatic carbocycles. The molecule has 1 saturated heterocycles. The summed E-state index contributed by atoms with van der Waals surface area (Å²) in [4.78, 5) is 14.0. The largest absolute Gasteiger partial charge is 0.456 e. The lowest BCUT2D eigenvalue weighted by atomic mass is 10.0. The third-order valence-electron chi connectivity index (χ3n) is 3.11. The van der Waals surface area contributed by atoms with Crippen molar-refractivity contribution < 1.29 is 9.21 Å². The highest BCUT2D eigenvalue weighted by Gasteiger charge is 2.27. The van der Waals surface area contributed by atoms with Crippen LogP contribution in [0.4, 0.5) is 0 Å². The zero-order chi connectivity index (χ0) is 11.5. The second-order valence-corrected chi connectivity index (χ2v) is 4.29. The number of furan rings is 1. The van der Waals surface area contributed by atoms with Crippen molar-refractivity contribution in [3.63, 3.8) is 0 Å². The standard InChI is InChI=1S/C12H18N2O2.ClH/c1-9-5-6-11(16-9)12(15)14-7-3-2-4-10(14)8-13;/h5-6,10H,2-4,7-8,13H2,1H3;1H. The van der Waals surface area contributed by atoms with Crippen molar-refractivity contribution in [2.24, 2.45) is 5.73 Å². The molecule has 0 aliphatic carbocycles. The maximum Gasteiger partial charge on any atom is 0.289 e. The van der Waals surface area contributed by atoms with E-state index in [0.717, 1.165) is 31.6 Å². The zero-order valence-corrected chi connectivity index (χ0v) is 10.8. The molecule has 1 aromatic heterocycles. The molecule has 0 saturated carbocycles. The normalized spacial score (nSPS) is 19.9. The van der Waals surface area contributed by atoms with Gasteiger partial charge in [0.25, 0.3) is 5.91 Å². The third-order valence-corrected chi connectivity index (χ3v) is 3.11. The van der Waals surface area contributed by atoms with E-state index in [-0.39, 0.29) is 24.4 Å². The van der Waals surface area contributed by atoms with Crippen LogP contribution in [0, 0.1) is 6.92 Å². The van der Waals surface area contributed by atoms with Crippen LogP contribution in [-0.2, 0) is 0 Å². The van der Waals surface area contributed by atoms with Gasteiger partial charge in [-0.05, 0) is 38.3 Å². The predicted octanol–water partition coefficient (Wildman–Crippen LogP) is 1.96. The number of hydrogen-bond donors (Lipinski definition) is 1. The Labute approximate surface area is 108 Å². The predicted molar refractivity (Wildman–Crippen MR) is 68.4 cm³/mol. The number of hydrogen-bond acceptors (Lipinski definition) is 3. The van der Waals surface area contributed by atoms with Crippen LogP contribution in [0.25, 0.3) is 0 Å². The summed E-state index contributed by atoms with van der Waals surface area (Å²) in [5, 5.41) is 0. The van der Waals surface area contributed by atoms with E-state index in [1.807, 2.05) is 17.9 Å². The lowest BCUT2D eigenvalue weighted by Gasteiger charge is -2.34. The molecule has 1 aliphatic heterocycles. The minimum atomic E-state index is -0.0248. The lowest BCUT2D eigenvalue weighted by Crippen LogP contribution is -2.47. The van der Waals surface area contributed by atoms with Crippen molar-refractivity contribution in [2.45, 2.75) is 32.2 Å². The molecule has 1 fully saturated rings. The van der Waals surface area contributed by atoms with Crippen LogP contribution in [0.5, 0.6) is 0 Å². The number of carbonyl (C=O) groups excluding carboxylic acids is 1. The van der Waals surface area contributed by atoms with Crippen molar-refractivity contribution in [2.75, 3.05) is 13.1 Å². The van der Waals surface area contributed by atoms with Crippen molar-refractivity contribution >= 4 is 18.3 Å². The van der Waals surface area contributed by atoms with Gasteiger partial charge in [-0.25, -0.2) is 0 Å². The highest BCUT2D eigenvalue weighted by molar-refractivity contribution is 5.91. The van der Waals surface area contributed by atoms with Gasteiger partial charge >= 0.3 is 0 Å². The lowest BCUT2D eigenvalue weighted by molar-refractivity contribution is 0.0589. The second kappa shape index (κ2) is 6.07. The number of aryl methyl sites for hydroxylation is 1. The maximum absolute atomic E-state index is 12.2. The Hall–Kier alpha value is -1.00. The number of amides is 1. The Balaban J connectivity index is 0.00000144. The highest BCUT2D eigenvalue weighted by Crippen LogP contribution is 2.19. The van der Waals surface area contributed by atoms with Gasteiger partial charge in [-0.3, -0.25) is 4.79 Å². The molecule has 4 nitrogen and oxygen atoms in total. The maximum atomic E-state index is 12.2. The third kappa shape index (κ3) is 3.01. The van der Waals surface area contributed by atoms with E-state index in [4.69, 9.17) is 10.2 Å². The molecule has 5 heteroatoms. The first-order chi connectivity index (χ1) is 7.72. The number of halogens is 1. The summed E-state index contributed by atoms with van der Waals surface area (Å²) in [6.45, 7) is 3.17. The van der Waals surface area contributed by atoms with Gasteiger partial charge in [-0.1, -0.05) is 0 Å². The van der Waals surface area contributed by atoms with Crippen LogP contribution in [0.3, 0.4) is 0 Å². The van der Waals surface area contributed by atoms with Gasteiger partial charge in [-0.2, -0.15) is 0 Å². The Kier molecular flexibility index (Phi) is 5.02. The first kappa shape index (κ1) is 14.1. The van der Waals surface area contributed by atoms with E-state index < -0.39 is 0 Å². The van der Waals surface area contributed by atoms with Crippen molar-refractivity contribution in [3.8, 4) is 0 Å². The number of carbonyl (C=O) groups is 1. The number of nitrogens with two attached hydrogens (primary N) is 1. The quantitative estimate of drug-likeness (QED) is 0.882. The summed E-state index contributed by atoms with van der Waals surface area (Å²) in [5.41, 5.74) is 5.69. The summed E-state index contributed by atoms with van der Waals surface area (Å²) in [6, 6.07) is 3.72. The molecule has 2 rings (SSSR count). The van der Waals surface area contributed by atoms with Gasteiger partial charge in [0.2, 0.25) is 0 Å². The average Bonchev–Trinajstić information content (AvgIpc) is 2.75. The highest BCUT2D eigenvalue weighted by atomic mass is 35.5. The van der Waals surface area contributed by atoms with Crippen LogP contribution in [0.2, 0.25) is 0 Å². The molecule has 17 heavy (non-hydrogen) atoms.